The Labute approximate surface area is 194 Å². The van der Waals surface area contributed by atoms with Crippen LogP contribution in [0.1, 0.15) is 30.1 Å². The quantitative estimate of drug-likeness (QED) is 0.535. The standard InChI is InChI=1S/C24H28N4O4S/c1-17-8-12-28(13-9-17)33(30,31)18-6-7-21-19(15-18)20(24(29)26-11-14-32-2)16-23(27-21)22-5-3-4-10-25-22/h3-7,10,15-17H,8-9,11-14H2,1-2H3,(H,26,29). The summed E-state index contributed by atoms with van der Waals surface area (Å²) in [7, 11) is -2.10. The van der Waals surface area contributed by atoms with Crippen molar-refractivity contribution in [2.75, 3.05) is 33.4 Å². The summed E-state index contributed by atoms with van der Waals surface area (Å²) in [4.78, 5) is 22.2. The van der Waals surface area contributed by atoms with Crippen LogP contribution in [0.4, 0.5) is 0 Å². The zero-order valence-electron chi connectivity index (χ0n) is 18.8. The molecule has 0 spiro atoms. The second-order valence-electron chi connectivity index (χ2n) is 8.28. The fourth-order valence-electron chi connectivity index (χ4n) is 3.93. The zero-order chi connectivity index (χ0) is 23.4. The number of carbonyl (C=O) groups excluding carboxylic acids is 1. The summed E-state index contributed by atoms with van der Waals surface area (Å²) in [5, 5.41) is 3.31. The van der Waals surface area contributed by atoms with Gasteiger partial charge >= 0.3 is 0 Å². The highest BCUT2D eigenvalue weighted by Gasteiger charge is 2.28. The van der Waals surface area contributed by atoms with Crippen LogP contribution in [0.25, 0.3) is 22.3 Å². The molecule has 1 aliphatic heterocycles. The molecule has 3 heterocycles. The number of piperidine rings is 1. The van der Waals surface area contributed by atoms with E-state index in [4.69, 9.17) is 4.74 Å². The molecule has 1 amide bonds. The number of benzene rings is 1. The maximum absolute atomic E-state index is 13.3. The number of rotatable bonds is 7. The minimum absolute atomic E-state index is 0.169. The third-order valence-electron chi connectivity index (χ3n) is 5.92. The first-order valence-electron chi connectivity index (χ1n) is 11.0. The molecule has 2 aromatic heterocycles. The lowest BCUT2D eigenvalue weighted by Gasteiger charge is -2.29. The average molecular weight is 469 g/mol. The summed E-state index contributed by atoms with van der Waals surface area (Å²) in [5.41, 5.74) is 2.05. The molecule has 0 unspecified atom stereocenters. The molecule has 174 valence electrons. The van der Waals surface area contributed by atoms with Gasteiger partial charge in [0.2, 0.25) is 10.0 Å². The second kappa shape index (κ2) is 9.94. The number of ether oxygens (including phenoxy) is 1. The Bertz CT molecular complexity index is 1240. The normalized spacial score (nSPS) is 15.6. The summed E-state index contributed by atoms with van der Waals surface area (Å²) < 4.78 is 33.1. The van der Waals surface area contributed by atoms with E-state index in [1.807, 2.05) is 12.1 Å². The number of pyridine rings is 2. The van der Waals surface area contributed by atoms with Crippen molar-refractivity contribution in [2.45, 2.75) is 24.7 Å². The Morgan fingerprint density at radius 1 is 1.15 bits per heavy atom. The number of amides is 1. The molecule has 1 fully saturated rings. The lowest BCUT2D eigenvalue weighted by Crippen LogP contribution is -2.37. The molecular weight excluding hydrogens is 440 g/mol. The van der Waals surface area contributed by atoms with Crippen LogP contribution < -0.4 is 5.32 Å². The van der Waals surface area contributed by atoms with E-state index in [9.17, 15) is 13.2 Å². The van der Waals surface area contributed by atoms with Gasteiger partial charge in [-0.05, 0) is 55.2 Å². The maximum atomic E-state index is 13.3. The SMILES string of the molecule is COCCNC(=O)c1cc(-c2ccccn2)nc2ccc(S(=O)(=O)N3CCC(C)CC3)cc12. The molecule has 1 aliphatic rings. The van der Waals surface area contributed by atoms with Crippen molar-refractivity contribution in [2.24, 2.45) is 5.92 Å². The number of aromatic nitrogens is 2. The first-order chi connectivity index (χ1) is 15.9. The van der Waals surface area contributed by atoms with E-state index in [1.165, 1.54) is 4.31 Å². The smallest absolute Gasteiger partial charge is 0.252 e. The van der Waals surface area contributed by atoms with E-state index >= 15 is 0 Å². The number of nitrogens with zero attached hydrogens (tertiary/aromatic N) is 3. The molecule has 3 aromatic rings. The van der Waals surface area contributed by atoms with Gasteiger partial charge in [0, 0.05) is 38.3 Å². The van der Waals surface area contributed by atoms with Crippen LogP contribution in [-0.4, -0.2) is 61.9 Å². The fourth-order valence-corrected chi connectivity index (χ4v) is 5.43. The third-order valence-corrected chi connectivity index (χ3v) is 7.82. The number of sulfonamides is 1. The van der Waals surface area contributed by atoms with Gasteiger partial charge < -0.3 is 10.1 Å². The van der Waals surface area contributed by atoms with E-state index in [1.54, 1.807) is 43.6 Å². The maximum Gasteiger partial charge on any atom is 0.252 e. The van der Waals surface area contributed by atoms with Gasteiger partial charge in [-0.25, -0.2) is 13.4 Å². The van der Waals surface area contributed by atoms with Gasteiger partial charge in [0.25, 0.3) is 5.91 Å². The lowest BCUT2D eigenvalue weighted by molar-refractivity contribution is 0.0938. The van der Waals surface area contributed by atoms with Crippen LogP contribution in [-0.2, 0) is 14.8 Å². The summed E-state index contributed by atoms with van der Waals surface area (Å²) in [5.74, 6) is 0.197. The van der Waals surface area contributed by atoms with Crippen molar-refractivity contribution < 1.29 is 17.9 Å². The van der Waals surface area contributed by atoms with Crippen molar-refractivity contribution in [3.8, 4) is 11.4 Å². The van der Waals surface area contributed by atoms with Crippen molar-refractivity contribution in [1.82, 2.24) is 19.6 Å². The van der Waals surface area contributed by atoms with Crippen LogP contribution >= 0.6 is 0 Å². The Kier molecular flexibility index (Phi) is 7.02. The monoisotopic (exact) mass is 468 g/mol. The molecular formula is C24H28N4O4S. The van der Waals surface area contributed by atoms with Gasteiger partial charge in [0.05, 0.1) is 34.0 Å². The fraction of sp³-hybridized carbons (Fsp3) is 0.375. The molecule has 8 nitrogen and oxygen atoms in total. The van der Waals surface area contributed by atoms with E-state index in [-0.39, 0.29) is 10.8 Å². The number of methoxy groups -OCH3 is 1. The highest BCUT2D eigenvalue weighted by molar-refractivity contribution is 7.89. The molecule has 1 saturated heterocycles. The van der Waals surface area contributed by atoms with Gasteiger partial charge in [0.15, 0.2) is 0 Å². The molecule has 9 heteroatoms. The van der Waals surface area contributed by atoms with Crippen LogP contribution in [0.15, 0.2) is 53.6 Å². The first-order valence-corrected chi connectivity index (χ1v) is 12.5. The largest absolute Gasteiger partial charge is 0.383 e. The number of hydrogen-bond acceptors (Lipinski definition) is 6. The van der Waals surface area contributed by atoms with E-state index in [2.05, 4.69) is 22.2 Å². The molecule has 0 bridgehead atoms. The number of hydrogen-bond donors (Lipinski definition) is 1. The Morgan fingerprint density at radius 3 is 2.64 bits per heavy atom. The number of nitrogens with one attached hydrogen (secondary N) is 1. The van der Waals surface area contributed by atoms with Crippen molar-refractivity contribution in [3.63, 3.8) is 0 Å². The molecule has 0 atom stereocenters. The van der Waals surface area contributed by atoms with Crippen molar-refractivity contribution >= 4 is 26.8 Å². The first kappa shape index (κ1) is 23.3. The Balaban J connectivity index is 1.79. The minimum Gasteiger partial charge on any atom is -0.383 e. The third kappa shape index (κ3) is 5.05. The Morgan fingerprint density at radius 2 is 1.94 bits per heavy atom. The zero-order valence-corrected chi connectivity index (χ0v) is 19.6. The van der Waals surface area contributed by atoms with E-state index < -0.39 is 10.0 Å². The lowest BCUT2D eigenvalue weighted by atomic mass is 10.0. The van der Waals surface area contributed by atoms with Gasteiger partial charge in [-0.2, -0.15) is 4.31 Å². The molecule has 0 radical (unpaired) electrons. The second-order valence-corrected chi connectivity index (χ2v) is 10.2. The average Bonchev–Trinajstić information content (AvgIpc) is 2.84. The predicted molar refractivity (Wildman–Crippen MR) is 126 cm³/mol. The predicted octanol–water partition coefficient (Wildman–Crippen LogP) is 3.09. The van der Waals surface area contributed by atoms with Gasteiger partial charge in [-0.3, -0.25) is 9.78 Å². The van der Waals surface area contributed by atoms with Crippen LogP contribution in [0.2, 0.25) is 0 Å². The summed E-state index contributed by atoms with van der Waals surface area (Å²) >= 11 is 0. The highest BCUT2D eigenvalue weighted by atomic mass is 32.2. The highest BCUT2D eigenvalue weighted by Crippen LogP contribution is 2.29. The molecule has 1 N–H and O–H groups in total. The van der Waals surface area contributed by atoms with Crippen molar-refractivity contribution in [1.29, 1.82) is 0 Å². The Hall–Kier alpha value is -2.88. The molecule has 0 saturated carbocycles. The van der Waals surface area contributed by atoms with Gasteiger partial charge in [-0.15, -0.1) is 0 Å². The van der Waals surface area contributed by atoms with Gasteiger partial charge in [-0.1, -0.05) is 13.0 Å². The molecule has 1 aromatic carbocycles. The topological polar surface area (TPSA) is 101 Å². The summed E-state index contributed by atoms with van der Waals surface area (Å²) in [6.07, 6.45) is 3.35. The molecule has 0 aliphatic carbocycles. The number of carbonyl (C=O) groups is 1. The molecule has 33 heavy (non-hydrogen) atoms. The van der Waals surface area contributed by atoms with Crippen LogP contribution in [0.5, 0.6) is 0 Å². The molecule has 4 rings (SSSR count). The van der Waals surface area contributed by atoms with Crippen LogP contribution in [0.3, 0.4) is 0 Å². The minimum atomic E-state index is -3.66. The number of fused-ring (bicyclic) bond motifs is 1. The van der Waals surface area contributed by atoms with E-state index in [0.29, 0.717) is 60.0 Å². The van der Waals surface area contributed by atoms with Crippen LogP contribution in [0, 0.1) is 5.92 Å². The van der Waals surface area contributed by atoms with Gasteiger partial charge in [0.1, 0.15) is 0 Å². The summed E-state index contributed by atoms with van der Waals surface area (Å²) in [6, 6.07) is 11.9. The van der Waals surface area contributed by atoms with E-state index in [0.717, 1.165) is 12.8 Å². The summed E-state index contributed by atoms with van der Waals surface area (Å²) in [6.45, 7) is 3.85. The van der Waals surface area contributed by atoms with Crippen molar-refractivity contribution in [3.05, 3.63) is 54.2 Å².